The standard InChI is InChI=1S/C34H26N8O14/c43-31(37-35-19-21-5-9-29(10-6-21)55-33(45)23-13-25(39(47)48)17-26(14-23)40(49)50)3-1-2-4-32(44)38-36-20-22-7-11-30(12-8-22)56-34(46)24-15-27(41(51)52)18-28(16-24)42(53)54/h5-20H,1-4H2,(H,37,43)(H,38,44)/b35-19-,36-20-. The molecule has 0 aliphatic rings. The predicted octanol–water partition coefficient (Wildman–Crippen LogP) is 4.92. The summed E-state index contributed by atoms with van der Waals surface area (Å²) in [5.41, 5.74) is 2.31. The lowest BCUT2D eigenvalue weighted by Gasteiger charge is -2.05. The van der Waals surface area contributed by atoms with Crippen LogP contribution in [0, 0.1) is 40.5 Å². The van der Waals surface area contributed by atoms with E-state index >= 15 is 0 Å². The van der Waals surface area contributed by atoms with Gasteiger partial charge >= 0.3 is 11.9 Å². The molecule has 4 aromatic carbocycles. The van der Waals surface area contributed by atoms with Crippen molar-refractivity contribution in [3.63, 3.8) is 0 Å². The minimum atomic E-state index is -1.05. The lowest BCUT2D eigenvalue weighted by atomic mass is 10.1. The highest BCUT2D eigenvalue weighted by atomic mass is 16.6. The Bertz CT molecular complexity index is 2030. The molecular weight excluding hydrogens is 744 g/mol. The number of benzene rings is 4. The fraction of sp³-hybridized carbons (Fsp3) is 0.118. The van der Waals surface area contributed by atoms with Crippen molar-refractivity contribution in [3.05, 3.63) is 148 Å². The molecule has 0 unspecified atom stereocenters. The van der Waals surface area contributed by atoms with Crippen LogP contribution in [0.1, 0.15) is 57.5 Å². The van der Waals surface area contributed by atoms with Crippen molar-refractivity contribution >= 4 is 58.9 Å². The molecule has 0 spiro atoms. The van der Waals surface area contributed by atoms with E-state index in [0.29, 0.717) is 24.0 Å². The molecule has 56 heavy (non-hydrogen) atoms. The molecular formula is C34H26N8O14. The van der Waals surface area contributed by atoms with E-state index in [9.17, 15) is 59.6 Å². The van der Waals surface area contributed by atoms with Gasteiger partial charge in [0.25, 0.3) is 22.7 Å². The largest absolute Gasteiger partial charge is 0.423 e. The topological polar surface area (TPSA) is 308 Å². The molecule has 2 amide bonds. The maximum atomic E-state index is 12.4. The molecule has 0 bridgehead atoms. The summed E-state index contributed by atoms with van der Waals surface area (Å²) in [4.78, 5) is 89.9. The zero-order valence-corrected chi connectivity index (χ0v) is 28.5. The number of carbonyl (C=O) groups is 4. The third kappa shape index (κ3) is 12.1. The number of carbonyl (C=O) groups excluding carboxylic acids is 4. The van der Waals surface area contributed by atoms with Gasteiger partial charge < -0.3 is 9.47 Å². The number of rotatable bonds is 17. The Hall–Kier alpha value is -8.30. The van der Waals surface area contributed by atoms with E-state index < -0.39 is 66.2 Å². The quantitative estimate of drug-likeness (QED) is 0.0360. The smallest absolute Gasteiger partial charge is 0.344 e. The molecule has 286 valence electrons. The molecule has 0 radical (unpaired) electrons. The summed E-state index contributed by atoms with van der Waals surface area (Å²) < 4.78 is 10.3. The number of non-ortho nitro benzene ring substituents is 4. The van der Waals surface area contributed by atoms with Crippen LogP contribution in [0.25, 0.3) is 0 Å². The Kier molecular flexibility index (Phi) is 13.7. The van der Waals surface area contributed by atoms with E-state index in [1.807, 2.05) is 0 Å². The van der Waals surface area contributed by atoms with Gasteiger partial charge in [0.1, 0.15) is 11.5 Å². The number of unbranched alkanes of at least 4 members (excludes halogenated alkanes) is 1. The van der Waals surface area contributed by atoms with Crippen molar-refractivity contribution in [1.29, 1.82) is 0 Å². The summed E-state index contributed by atoms with van der Waals surface area (Å²) in [5, 5.41) is 51.9. The highest BCUT2D eigenvalue weighted by Crippen LogP contribution is 2.25. The van der Waals surface area contributed by atoms with E-state index in [4.69, 9.17) is 9.47 Å². The van der Waals surface area contributed by atoms with Crippen LogP contribution >= 0.6 is 0 Å². The summed E-state index contributed by atoms with van der Waals surface area (Å²) in [6.45, 7) is 0. The Labute approximate surface area is 313 Å². The first kappa shape index (κ1) is 40.5. The maximum Gasteiger partial charge on any atom is 0.344 e. The van der Waals surface area contributed by atoms with Crippen LogP contribution in [0.15, 0.2) is 95.1 Å². The predicted molar refractivity (Wildman–Crippen MR) is 192 cm³/mol. The maximum absolute atomic E-state index is 12.4. The van der Waals surface area contributed by atoms with E-state index in [-0.39, 0.29) is 35.5 Å². The molecule has 0 saturated carbocycles. The zero-order valence-electron chi connectivity index (χ0n) is 28.5. The van der Waals surface area contributed by atoms with Crippen molar-refractivity contribution in [2.24, 2.45) is 10.2 Å². The van der Waals surface area contributed by atoms with Gasteiger partial charge in [-0.05, 0) is 72.5 Å². The molecule has 4 aromatic rings. The lowest BCUT2D eigenvalue weighted by molar-refractivity contribution is -0.394. The van der Waals surface area contributed by atoms with Gasteiger partial charge in [-0.2, -0.15) is 10.2 Å². The fourth-order valence-electron chi connectivity index (χ4n) is 4.46. The average Bonchev–Trinajstić information content (AvgIpc) is 3.17. The molecule has 4 rings (SSSR count). The van der Waals surface area contributed by atoms with Gasteiger partial charge in [0.2, 0.25) is 11.8 Å². The molecule has 0 saturated heterocycles. The first-order valence-corrected chi connectivity index (χ1v) is 15.8. The fourth-order valence-corrected chi connectivity index (χ4v) is 4.46. The number of hydrogen-bond acceptors (Lipinski definition) is 16. The molecule has 2 N–H and O–H groups in total. The van der Waals surface area contributed by atoms with Crippen LogP contribution in [0.4, 0.5) is 22.7 Å². The number of ether oxygens (including phenoxy) is 2. The second-order valence-electron chi connectivity index (χ2n) is 11.2. The van der Waals surface area contributed by atoms with Gasteiger partial charge in [0.15, 0.2) is 0 Å². The molecule has 22 heteroatoms. The first-order valence-electron chi connectivity index (χ1n) is 15.8. The highest BCUT2D eigenvalue weighted by Gasteiger charge is 2.22. The van der Waals surface area contributed by atoms with Gasteiger partial charge in [0.05, 0.1) is 55.4 Å². The number of hydrogen-bond donors (Lipinski definition) is 2. The summed E-state index contributed by atoms with van der Waals surface area (Å²) in [5.74, 6) is -2.86. The third-order valence-electron chi connectivity index (χ3n) is 7.16. The minimum absolute atomic E-state index is 0.0382. The number of nitro benzene ring substituents is 4. The second-order valence-corrected chi connectivity index (χ2v) is 11.2. The Morgan fingerprint density at radius 3 is 1.11 bits per heavy atom. The Balaban J connectivity index is 1.14. The molecule has 0 heterocycles. The second kappa shape index (κ2) is 19.0. The molecule has 0 aliphatic heterocycles. The van der Waals surface area contributed by atoms with Gasteiger partial charge in [-0.15, -0.1) is 0 Å². The molecule has 22 nitrogen and oxygen atoms in total. The number of hydrazone groups is 2. The van der Waals surface area contributed by atoms with Crippen LogP contribution in [0.5, 0.6) is 11.5 Å². The van der Waals surface area contributed by atoms with Crippen LogP contribution in [0.2, 0.25) is 0 Å². The summed E-state index contributed by atoms with van der Waals surface area (Å²) >= 11 is 0. The lowest BCUT2D eigenvalue weighted by Crippen LogP contribution is -2.19. The van der Waals surface area contributed by atoms with Crippen LogP contribution in [0.3, 0.4) is 0 Å². The number of nitro groups is 4. The molecule has 0 fully saturated rings. The van der Waals surface area contributed by atoms with Gasteiger partial charge in [-0.1, -0.05) is 0 Å². The summed E-state index contributed by atoms with van der Waals surface area (Å²) in [6, 6.07) is 16.3. The van der Waals surface area contributed by atoms with E-state index in [1.165, 1.54) is 61.0 Å². The van der Waals surface area contributed by atoms with Crippen LogP contribution in [-0.2, 0) is 9.59 Å². The Morgan fingerprint density at radius 1 is 0.518 bits per heavy atom. The van der Waals surface area contributed by atoms with Crippen molar-refractivity contribution in [1.82, 2.24) is 10.9 Å². The first-order chi connectivity index (χ1) is 26.7. The van der Waals surface area contributed by atoms with Crippen molar-refractivity contribution in [3.8, 4) is 11.5 Å². The molecule has 0 aliphatic carbocycles. The summed E-state index contributed by atoms with van der Waals surface area (Å²) in [7, 11) is 0. The number of amides is 2. The highest BCUT2D eigenvalue weighted by molar-refractivity contribution is 5.93. The molecule has 0 atom stereocenters. The Morgan fingerprint density at radius 2 is 0.821 bits per heavy atom. The van der Waals surface area contributed by atoms with Gasteiger partial charge in [-0.3, -0.25) is 50.0 Å². The summed E-state index contributed by atoms with van der Waals surface area (Å²) in [6.07, 6.45) is 3.47. The normalized spacial score (nSPS) is 10.8. The van der Waals surface area contributed by atoms with E-state index in [2.05, 4.69) is 21.1 Å². The number of nitrogens with one attached hydrogen (secondary N) is 2. The van der Waals surface area contributed by atoms with Gasteiger partial charge in [-0.25, -0.2) is 20.4 Å². The van der Waals surface area contributed by atoms with Crippen LogP contribution < -0.4 is 20.3 Å². The number of esters is 2. The van der Waals surface area contributed by atoms with E-state index in [1.54, 1.807) is 0 Å². The number of nitrogens with zero attached hydrogens (tertiary/aromatic N) is 6. The van der Waals surface area contributed by atoms with Crippen molar-refractivity contribution in [2.75, 3.05) is 0 Å². The van der Waals surface area contributed by atoms with Crippen molar-refractivity contribution < 1.29 is 48.3 Å². The van der Waals surface area contributed by atoms with Crippen molar-refractivity contribution in [2.45, 2.75) is 25.7 Å². The monoisotopic (exact) mass is 770 g/mol. The minimum Gasteiger partial charge on any atom is -0.423 e. The van der Waals surface area contributed by atoms with Crippen LogP contribution in [-0.4, -0.2) is 55.9 Å². The van der Waals surface area contributed by atoms with E-state index in [0.717, 1.165) is 36.4 Å². The SMILES string of the molecule is O=C(CCCCC(=O)N/N=C\c1ccc(OC(=O)c2cc([N+](=O)[O-])cc([N+](=O)[O-])c2)cc1)N/N=C\c1ccc(OC(=O)c2cc([N+](=O)[O-])cc([N+](=O)[O-])c2)cc1. The average molecular weight is 771 g/mol. The third-order valence-corrected chi connectivity index (χ3v) is 7.16. The molecule has 0 aromatic heterocycles. The van der Waals surface area contributed by atoms with Gasteiger partial charge in [0, 0.05) is 37.1 Å². The zero-order chi connectivity index (χ0) is 40.8.